The zero-order valence-electron chi connectivity index (χ0n) is 15.9. The number of ether oxygens (including phenoxy) is 1. The van der Waals surface area contributed by atoms with Gasteiger partial charge in [-0.15, -0.1) is 0 Å². The number of aromatic nitrogens is 2. The number of imidazole rings is 1. The predicted molar refractivity (Wildman–Crippen MR) is 113 cm³/mol. The third kappa shape index (κ3) is 3.81. The van der Waals surface area contributed by atoms with Gasteiger partial charge in [0, 0.05) is 28.2 Å². The second-order valence-electron chi connectivity index (χ2n) is 7.28. The summed E-state index contributed by atoms with van der Waals surface area (Å²) < 4.78 is 21.2. The Kier molecular flexibility index (Phi) is 5.45. The maximum atomic E-state index is 13.5. The Bertz CT molecular complexity index is 1120. The van der Waals surface area contributed by atoms with E-state index in [9.17, 15) is 14.0 Å². The van der Waals surface area contributed by atoms with Gasteiger partial charge in [-0.3, -0.25) is 9.36 Å². The summed E-state index contributed by atoms with van der Waals surface area (Å²) in [5, 5.41) is 2.85. The van der Waals surface area contributed by atoms with Crippen molar-refractivity contribution in [1.29, 1.82) is 0 Å². The number of fused-ring (bicyclic) bond motifs is 1. The summed E-state index contributed by atoms with van der Waals surface area (Å²) in [4.78, 5) is 28.1. The number of carbonyl (C=O) groups is 1. The molecule has 0 saturated heterocycles. The second kappa shape index (κ2) is 8.02. The number of nitrogens with one attached hydrogen (secondary N) is 2. The fraction of sp³-hybridized carbons (Fsp3) is 0.333. The standard InChI is InChI=1S/C21H21BrFN3O3/c1-29-18-11-13(7-10-16(18)23)24-20(27)12-5-8-14(9-6-12)26-17-4-2-3-15(22)19(17)25-21(26)28/h2-4,7,10-12,14H,5-6,8-9H2,1H3,(H,24,27)(H,25,28)/t12-,14+. The van der Waals surface area contributed by atoms with Gasteiger partial charge in [-0.2, -0.15) is 0 Å². The summed E-state index contributed by atoms with van der Waals surface area (Å²) in [6, 6.07) is 10.1. The highest BCUT2D eigenvalue weighted by molar-refractivity contribution is 9.10. The van der Waals surface area contributed by atoms with E-state index in [4.69, 9.17) is 4.74 Å². The van der Waals surface area contributed by atoms with E-state index in [0.29, 0.717) is 18.5 Å². The summed E-state index contributed by atoms with van der Waals surface area (Å²) in [6.07, 6.45) is 2.85. The topological polar surface area (TPSA) is 76.1 Å². The van der Waals surface area contributed by atoms with Gasteiger partial charge in [-0.05, 0) is 65.9 Å². The highest BCUT2D eigenvalue weighted by Crippen LogP contribution is 2.34. The number of aromatic amines is 1. The van der Waals surface area contributed by atoms with Crippen molar-refractivity contribution < 1.29 is 13.9 Å². The Morgan fingerprint density at radius 3 is 2.72 bits per heavy atom. The van der Waals surface area contributed by atoms with Crippen molar-refractivity contribution in [3.8, 4) is 5.75 Å². The van der Waals surface area contributed by atoms with Crippen LogP contribution in [-0.4, -0.2) is 22.6 Å². The molecule has 4 rings (SSSR count). The fourth-order valence-corrected chi connectivity index (χ4v) is 4.51. The average Bonchev–Trinajstić information content (AvgIpc) is 3.07. The van der Waals surface area contributed by atoms with Crippen molar-refractivity contribution in [3.05, 3.63) is 57.2 Å². The van der Waals surface area contributed by atoms with Gasteiger partial charge in [0.2, 0.25) is 5.91 Å². The van der Waals surface area contributed by atoms with Crippen LogP contribution in [0.2, 0.25) is 0 Å². The summed E-state index contributed by atoms with van der Waals surface area (Å²) in [5.41, 5.74) is 2.05. The number of carbonyl (C=O) groups excluding carboxylic acids is 1. The SMILES string of the molecule is COc1cc(NC(=O)[C@H]2CC[C@@H](n3c(=O)[nH]c4c(Br)cccc43)CC2)ccc1F. The van der Waals surface area contributed by atoms with Crippen LogP contribution in [0, 0.1) is 11.7 Å². The molecule has 1 fully saturated rings. The number of nitrogens with zero attached hydrogens (tertiary/aromatic N) is 1. The van der Waals surface area contributed by atoms with Crippen LogP contribution < -0.4 is 15.7 Å². The number of benzene rings is 2. The van der Waals surface area contributed by atoms with Crippen LogP contribution in [0.1, 0.15) is 31.7 Å². The van der Waals surface area contributed by atoms with Crippen molar-refractivity contribution in [2.45, 2.75) is 31.7 Å². The van der Waals surface area contributed by atoms with Gasteiger partial charge in [0.25, 0.3) is 0 Å². The lowest BCUT2D eigenvalue weighted by molar-refractivity contribution is -0.121. The third-order valence-electron chi connectivity index (χ3n) is 5.55. The van der Waals surface area contributed by atoms with Gasteiger partial charge < -0.3 is 15.0 Å². The number of para-hydroxylation sites is 1. The quantitative estimate of drug-likeness (QED) is 0.595. The number of H-pyrrole nitrogens is 1. The number of halogens is 2. The molecule has 1 aliphatic carbocycles. The first kappa shape index (κ1) is 19.7. The molecule has 3 aromatic rings. The Morgan fingerprint density at radius 2 is 2.00 bits per heavy atom. The normalized spacial score (nSPS) is 19.3. The van der Waals surface area contributed by atoms with E-state index >= 15 is 0 Å². The smallest absolute Gasteiger partial charge is 0.326 e. The molecular formula is C21H21BrFN3O3. The van der Waals surface area contributed by atoms with Crippen LogP contribution in [0.25, 0.3) is 11.0 Å². The second-order valence-corrected chi connectivity index (χ2v) is 8.13. The lowest BCUT2D eigenvalue weighted by Crippen LogP contribution is -2.31. The molecule has 0 atom stereocenters. The first-order valence-electron chi connectivity index (χ1n) is 9.51. The maximum Gasteiger partial charge on any atom is 0.326 e. The van der Waals surface area contributed by atoms with Crippen LogP contribution in [0.4, 0.5) is 10.1 Å². The third-order valence-corrected chi connectivity index (χ3v) is 6.21. The van der Waals surface area contributed by atoms with Gasteiger partial charge >= 0.3 is 5.69 Å². The first-order valence-corrected chi connectivity index (χ1v) is 10.3. The molecule has 1 aliphatic rings. The Morgan fingerprint density at radius 1 is 1.24 bits per heavy atom. The summed E-state index contributed by atoms with van der Waals surface area (Å²) in [7, 11) is 1.39. The van der Waals surface area contributed by atoms with Crippen LogP contribution in [0.3, 0.4) is 0 Å². The lowest BCUT2D eigenvalue weighted by Gasteiger charge is -2.28. The maximum absolute atomic E-state index is 13.5. The molecule has 0 bridgehead atoms. The van der Waals surface area contributed by atoms with Gasteiger partial charge in [0.05, 0.1) is 18.1 Å². The number of anilines is 1. The van der Waals surface area contributed by atoms with E-state index in [2.05, 4.69) is 26.2 Å². The number of hydrogen-bond acceptors (Lipinski definition) is 3. The molecule has 1 amide bonds. The van der Waals surface area contributed by atoms with Crippen molar-refractivity contribution in [2.75, 3.05) is 12.4 Å². The van der Waals surface area contributed by atoms with E-state index in [-0.39, 0.29) is 29.3 Å². The van der Waals surface area contributed by atoms with Crippen molar-refractivity contribution in [3.63, 3.8) is 0 Å². The molecule has 0 spiro atoms. The molecule has 2 N–H and O–H groups in total. The summed E-state index contributed by atoms with van der Waals surface area (Å²) in [5.74, 6) is -0.612. The number of hydrogen-bond donors (Lipinski definition) is 2. The number of rotatable bonds is 4. The van der Waals surface area contributed by atoms with E-state index in [1.54, 1.807) is 4.57 Å². The molecule has 0 aliphatic heterocycles. The minimum absolute atomic E-state index is 0.0560. The zero-order chi connectivity index (χ0) is 20.5. The van der Waals surface area contributed by atoms with E-state index in [1.807, 2.05) is 18.2 Å². The van der Waals surface area contributed by atoms with Gasteiger partial charge in [-0.1, -0.05) is 6.07 Å². The van der Waals surface area contributed by atoms with Crippen LogP contribution in [-0.2, 0) is 4.79 Å². The zero-order valence-corrected chi connectivity index (χ0v) is 17.5. The monoisotopic (exact) mass is 461 g/mol. The van der Waals surface area contributed by atoms with E-state index in [1.165, 1.54) is 25.3 Å². The molecule has 0 radical (unpaired) electrons. The summed E-state index contributed by atoms with van der Waals surface area (Å²) in [6.45, 7) is 0. The molecular weight excluding hydrogens is 441 g/mol. The number of amides is 1. The first-order chi connectivity index (χ1) is 14.0. The van der Waals surface area contributed by atoms with Gasteiger partial charge in [0.1, 0.15) is 0 Å². The van der Waals surface area contributed by atoms with Crippen LogP contribution >= 0.6 is 15.9 Å². The van der Waals surface area contributed by atoms with Crippen LogP contribution in [0.5, 0.6) is 5.75 Å². The molecule has 152 valence electrons. The highest BCUT2D eigenvalue weighted by atomic mass is 79.9. The lowest BCUT2D eigenvalue weighted by atomic mass is 9.85. The molecule has 0 unspecified atom stereocenters. The Balaban J connectivity index is 1.45. The molecule has 29 heavy (non-hydrogen) atoms. The van der Waals surface area contributed by atoms with Crippen molar-refractivity contribution >= 4 is 38.6 Å². The van der Waals surface area contributed by atoms with Gasteiger partial charge in [-0.25, -0.2) is 9.18 Å². The fourth-order valence-electron chi connectivity index (χ4n) is 4.05. The molecule has 8 heteroatoms. The molecule has 1 heterocycles. The van der Waals surface area contributed by atoms with Gasteiger partial charge in [0.15, 0.2) is 11.6 Å². The summed E-state index contributed by atoms with van der Waals surface area (Å²) >= 11 is 3.47. The molecule has 2 aromatic carbocycles. The van der Waals surface area contributed by atoms with Crippen molar-refractivity contribution in [1.82, 2.24) is 9.55 Å². The predicted octanol–water partition coefficient (Wildman–Crippen LogP) is 4.61. The average molecular weight is 462 g/mol. The molecule has 1 aromatic heterocycles. The highest BCUT2D eigenvalue weighted by Gasteiger charge is 2.29. The largest absolute Gasteiger partial charge is 0.494 e. The van der Waals surface area contributed by atoms with Crippen LogP contribution in [0.15, 0.2) is 45.7 Å². The Labute approximate surface area is 175 Å². The molecule has 1 saturated carbocycles. The molecule has 6 nitrogen and oxygen atoms in total. The van der Waals surface area contributed by atoms with E-state index in [0.717, 1.165) is 28.3 Å². The Hall–Kier alpha value is -2.61. The van der Waals surface area contributed by atoms with Crippen molar-refractivity contribution in [2.24, 2.45) is 5.92 Å². The number of methoxy groups -OCH3 is 1. The minimum atomic E-state index is -0.471. The van der Waals surface area contributed by atoms with E-state index < -0.39 is 5.82 Å². The minimum Gasteiger partial charge on any atom is -0.494 e.